The number of nitrogens with zero attached hydrogens (tertiary/aromatic N) is 1. The number of allylic oxidation sites excluding steroid dienone is 2. The topological polar surface area (TPSA) is 43.4 Å². The minimum Gasteiger partial charge on any atom is -0.549 e. The molecule has 0 aliphatic rings. The van der Waals surface area contributed by atoms with E-state index in [1.165, 1.54) is 51.4 Å². The minimum atomic E-state index is -0.985. The summed E-state index contributed by atoms with van der Waals surface area (Å²) in [5.74, 6) is -0.261. The van der Waals surface area contributed by atoms with Gasteiger partial charge in [-0.15, -0.1) is 0 Å². The van der Waals surface area contributed by atoms with Crippen LogP contribution in [-0.2, 0) is 4.79 Å². The fraction of sp³-hybridized carbons (Fsp3) is 0.792. The van der Waals surface area contributed by atoms with Crippen molar-refractivity contribution in [2.45, 2.75) is 91.9 Å². The van der Waals surface area contributed by atoms with E-state index in [0.717, 1.165) is 25.9 Å². The number of carboxylic acids is 1. The van der Waals surface area contributed by atoms with E-state index in [1.807, 2.05) is 4.90 Å². The van der Waals surface area contributed by atoms with Crippen LogP contribution in [0.2, 0.25) is 0 Å². The SMILES string of the molecule is CCCCCC/C=C/C(C)CN(CC(=O)[O-])CC(C)/C=C/CCCCCC.[K+]. The van der Waals surface area contributed by atoms with Crippen molar-refractivity contribution in [2.75, 3.05) is 19.6 Å². The Hall–Kier alpha value is 0.546. The van der Waals surface area contributed by atoms with E-state index >= 15 is 0 Å². The zero-order valence-electron chi connectivity index (χ0n) is 19.4. The molecule has 158 valence electrons. The maximum absolute atomic E-state index is 11.1. The number of rotatable bonds is 18. The summed E-state index contributed by atoms with van der Waals surface area (Å²) >= 11 is 0. The molecule has 0 amide bonds. The molecule has 0 heterocycles. The molecule has 28 heavy (non-hydrogen) atoms. The van der Waals surface area contributed by atoms with Gasteiger partial charge in [-0.3, -0.25) is 4.90 Å². The van der Waals surface area contributed by atoms with Crippen LogP contribution in [0.4, 0.5) is 0 Å². The molecule has 0 saturated carbocycles. The van der Waals surface area contributed by atoms with Crippen molar-refractivity contribution in [3.05, 3.63) is 24.3 Å². The van der Waals surface area contributed by atoms with E-state index in [1.54, 1.807) is 0 Å². The second kappa shape index (κ2) is 22.2. The van der Waals surface area contributed by atoms with E-state index in [0.29, 0.717) is 11.8 Å². The van der Waals surface area contributed by atoms with Gasteiger partial charge < -0.3 is 9.90 Å². The molecule has 2 unspecified atom stereocenters. The molecule has 0 aromatic rings. The van der Waals surface area contributed by atoms with Gasteiger partial charge in [-0.25, -0.2) is 0 Å². The van der Waals surface area contributed by atoms with Crippen LogP contribution in [0.25, 0.3) is 0 Å². The Morgan fingerprint density at radius 3 is 1.61 bits per heavy atom. The number of carboxylic acid groups (broad SMARTS) is 1. The number of aliphatic carboxylic acids is 1. The summed E-state index contributed by atoms with van der Waals surface area (Å²) in [6, 6.07) is 0. The van der Waals surface area contributed by atoms with Gasteiger partial charge in [-0.2, -0.15) is 0 Å². The predicted molar refractivity (Wildman–Crippen MR) is 116 cm³/mol. The summed E-state index contributed by atoms with van der Waals surface area (Å²) in [6.07, 6.45) is 21.5. The average molecular weight is 418 g/mol. The van der Waals surface area contributed by atoms with Crippen LogP contribution in [0.3, 0.4) is 0 Å². The fourth-order valence-electron chi connectivity index (χ4n) is 3.36. The van der Waals surface area contributed by atoms with Gasteiger partial charge in [0.15, 0.2) is 0 Å². The van der Waals surface area contributed by atoms with Gasteiger partial charge in [-0.1, -0.05) is 90.5 Å². The van der Waals surface area contributed by atoms with Crippen molar-refractivity contribution >= 4 is 5.97 Å². The molecule has 4 heteroatoms. The van der Waals surface area contributed by atoms with Gasteiger partial charge >= 0.3 is 51.4 Å². The first kappa shape index (κ1) is 30.7. The first-order valence-corrected chi connectivity index (χ1v) is 11.2. The zero-order valence-corrected chi connectivity index (χ0v) is 22.5. The third-order valence-corrected chi connectivity index (χ3v) is 4.82. The van der Waals surface area contributed by atoms with Gasteiger partial charge in [0.05, 0.1) is 5.97 Å². The monoisotopic (exact) mass is 417 g/mol. The molecule has 0 spiro atoms. The van der Waals surface area contributed by atoms with E-state index in [9.17, 15) is 9.90 Å². The number of carbonyl (C=O) groups is 1. The van der Waals surface area contributed by atoms with Gasteiger partial charge in [0, 0.05) is 19.6 Å². The Labute approximate surface area is 217 Å². The summed E-state index contributed by atoms with van der Waals surface area (Å²) in [4.78, 5) is 13.1. The molecule has 0 aliphatic carbocycles. The summed E-state index contributed by atoms with van der Waals surface area (Å²) in [7, 11) is 0. The number of hydrogen-bond donors (Lipinski definition) is 0. The van der Waals surface area contributed by atoms with Crippen LogP contribution in [0.15, 0.2) is 24.3 Å². The van der Waals surface area contributed by atoms with Crippen molar-refractivity contribution in [2.24, 2.45) is 11.8 Å². The molecule has 0 rings (SSSR count). The molecule has 3 nitrogen and oxygen atoms in total. The van der Waals surface area contributed by atoms with Crippen LogP contribution in [-0.4, -0.2) is 30.5 Å². The minimum absolute atomic E-state index is 0. The molecule has 2 atom stereocenters. The van der Waals surface area contributed by atoms with Gasteiger partial charge in [0.25, 0.3) is 0 Å². The normalized spacial score (nSPS) is 13.9. The first-order valence-electron chi connectivity index (χ1n) is 11.2. The molecule has 0 aromatic heterocycles. The Morgan fingerprint density at radius 1 is 0.821 bits per heavy atom. The van der Waals surface area contributed by atoms with E-state index in [4.69, 9.17) is 0 Å². The smallest absolute Gasteiger partial charge is 0.549 e. The van der Waals surface area contributed by atoms with Gasteiger partial charge in [-0.05, 0) is 37.5 Å². The van der Waals surface area contributed by atoms with Crippen LogP contribution < -0.4 is 56.5 Å². The third kappa shape index (κ3) is 21.3. The van der Waals surface area contributed by atoms with Crippen molar-refractivity contribution < 1.29 is 61.3 Å². The molecule has 0 radical (unpaired) electrons. The molecular weight excluding hydrogens is 373 g/mol. The molecule has 0 bridgehead atoms. The Morgan fingerprint density at radius 2 is 1.25 bits per heavy atom. The van der Waals surface area contributed by atoms with Crippen molar-refractivity contribution in [1.82, 2.24) is 4.90 Å². The predicted octanol–water partition coefficient (Wildman–Crippen LogP) is 2.37. The fourth-order valence-corrected chi connectivity index (χ4v) is 3.36. The molecular formula is C24H44KNO2. The summed E-state index contributed by atoms with van der Waals surface area (Å²) in [6.45, 7) is 10.3. The van der Waals surface area contributed by atoms with Crippen LogP contribution in [0.1, 0.15) is 91.9 Å². The third-order valence-electron chi connectivity index (χ3n) is 4.82. The standard InChI is InChI=1S/C24H45NO2.K/c1-5-7-9-11-13-15-17-22(3)19-25(21-24(26)27)20-23(4)18-16-14-12-10-8-6-2;/h15-18,22-23H,5-14,19-21H2,1-4H3,(H,26,27);/q;+1/p-1/b17-15+,18-16+;. The summed E-state index contributed by atoms with van der Waals surface area (Å²) in [5, 5.41) is 11.1. The Balaban J connectivity index is 0. The maximum Gasteiger partial charge on any atom is 1.00 e. The molecule has 0 N–H and O–H groups in total. The molecule has 0 saturated heterocycles. The van der Waals surface area contributed by atoms with E-state index in [-0.39, 0.29) is 57.9 Å². The van der Waals surface area contributed by atoms with E-state index < -0.39 is 5.97 Å². The maximum atomic E-state index is 11.1. The number of hydrogen-bond acceptors (Lipinski definition) is 3. The van der Waals surface area contributed by atoms with Crippen molar-refractivity contribution in [3.8, 4) is 0 Å². The van der Waals surface area contributed by atoms with Crippen molar-refractivity contribution in [3.63, 3.8) is 0 Å². The summed E-state index contributed by atoms with van der Waals surface area (Å²) < 4.78 is 0. The number of unbranched alkanes of at least 4 members (excludes halogenated alkanes) is 8. The molecule has 0 fully saturated rings. The van der Waals surface area contributed by atoms with Gasteiger partial charge in [0.1, 0.15) is 0 Å². The largest absolute Gasteiger partial charge is 1.00 e. The number of carbonyl (C=O) groups excluding carboxylic acids is 1. The molecule has 0 aromatic carbocycles. The second-order valence-electron chi connectivity index (χ2n) is 8.08. The van der Waals surface area contributed by atoms with Crippen LogP contribution in [0.5, 0.6) is 0 Å². The Bertz CT molecular complexity index is 379. The average Bonchev–Trinajstić information content (AvgIpc) is 2.60. The van der Waals surface area contributed by atoms with E-state index in [2.05, 4.69) is 52.0 Å². The quantitative estimate of drug-likeness (QED) is 0.195. The van der Waals surface area contributed by atoms with Crippen molar-refractivity contribution in [1.29, 1.82) is 0 Å². The second-order valence-corrected chi connectivity index (χ2v) is 8.08. The zero-order chi connectivity index (χ0) is 20.3. The summed E-state index contributed by atoms with van der Waals surface area (Å²) in [5.41, 5.74) is 0. The van der Waals surface area contributed by atoms with Crippen LogP contribution in [0, 0.1) is 11.8 Å². The van der Waals surface area contributed by atoms with Gasteiger partial charge in [0.2, 0.25) is 0 Å². The van der Waals surface area contributed by atoms with Crippen LogP contribution >= 0.6 is 0 Å². The first-order chi connectivity index (χ1) is 13.0. The Kier molecular flexibility index (Phi) is 24.4. The molecule has 0 aliphatic heterocycles.